The molecule has 8 nitrogen and oxygen atoms in total. The van der Waals surface area contributed by atoms with Gasteiger partial charge in [-0.3, -0.25) is 18.9 Å². The zero-order valence-electron chi connectivity index (χ0n) is 22.1. The van der Waals surface area contributed by atoms with E-state index in [2.05, 4.69) is 14.9 Å². The minimum Gasteiger partial charge on any atom is -0.328 e. The molecule has 3 heterocycles. The molecule has 0 radical (unpaired) electrons. The first kappa shape index (κ1) is 27.8. The van der Waals surface area contributed by atoms with Crippen molar-refractivity contribution >= 4 is 41.3 Å². The van der Waals surface area contributed by atoms with E-state index in [-0.39, 0.29) is 36.2 Å². The average Bonchev–Trinajstić information content (AvgIpc) is 3.43. The van der Waals surface area contributed by atoms with E-state index in [0.29, 0.717) is 18.5 Å². The Morgan fingerprint density at radius 2 is 1.90 bits per heavy atom. The second-order valence-electron chi connectivity index (χ2n) is 10.8. The maximum atomic E-state index is 13.0. The van der Waals surface area contributed by atoms with Gasteiger partial charge in [0.05, 0.1) is 12.2 Å². The van der Waals surface area contributed by atoms with Crippen LogP contribution in [0.2, 0.25) is 0 Å². The van der Waals surface area contributed by atoms with Gasteiger partial charge in [-0.1, -0.05) is 24.1 Å². The summed E-state index contributed by atoms with van der Waals surface area (Å²) in [6.45, 7) is 3.59. The second-order valence-corrected chi connectivity index (χ2v) is 12.0. The molecule has 39 heavy (non-hydrogen) atoms. The molecule has 1 spiro atoms. The van der Waals surface area contributed by atoms with Crippen molar-refractivity contribution in [1.82, 2.24) is 14.9 Å². The Morgan fingerprint density at radius 1 is 1.15 bits per heavy atom. The van der Waals surface area contributed by atoms with Crippen LogP contribution in [0.4, 0.5) is 19.3 Å². The number of rotatable bonds is 8. The number of anilines is 1. The summed E-state index contributed by atoms with van der Waals surface area (Å²) in [5, 5.41) is 5.61. The first-order chi connectivity index (χ1) is 18.7. The van der Waals surface area contributed by atoms with Crippen LogP contribution in [0.15, 0.2) is 35.3 Å². The van der Waals surface area contributed by atoms with Crippen molar-refractivity contribution < 1.29 is 23.2 Å². The Bertz CT molecular complexity index is 1160. The topological polar surface area (TPSA) is 94.1 Å². The number of imide groups is 1. The summed E-state index contributed by atoms with van der Waals surface area (Å²) >= 11 is 1.77. The number of hydrogen-bond acceptors (Lipinski definition) is 6. The van der Waals surface area contributed by atoms with Crippen LogP contribution in [0, 0.1) is 18.8 Å². The van der Waals surface area contributed by atoms with Crippen LogP contribution in [0.3, 0.4) is 0 Å². The van der Waals surface area contributed by atoms with Gasteiger partial charge in [0, 0.05) is 24.8 Å². The number of alkyl halides is 2. The number of amides is 4. The molecule has 1 aliphatic carbocycles. The largest absolute Gasteiger partial charge is 0.329 e. The molecule has 1 saturated carbocycles. The Kier molecular flexibility index (Phi) is 8.37. The van der Waals surface area contributed by atoms with Crippen LogP contribution in [0.5, 0.6) is 0 Å². The Balaban J connectivity index is 1.09. The molecule has 2 saturated heterocycles. The van der Waals surface area contributed by atoms with Crippen LogP contribution in [0.1, 0.15) is 49.7 Å². The number of carbonyl (C=O) groups is 3. The van der Waals surface area contributed by atoms with Crippen molar-refractivity contribution in [3.8, 4) is 0 Å². The molecular formula is C28H35F2N5O3S. The third kappa shape index (κ3) is 6.19. The summed E-state index contributed by atoms with van der Waals surface area (Å²) in [7, 11) is 0. The number of aliphatic imine (C=N–C) groups is 1. The van der Waals surface area contributed by atoms with Gasteiger partial charge in [0.1, 0.15) is 11.4 Å². The summed E-state index contributed by atoms with van der Waals surface area (Å²) in [6.07, 6.45) is 5.84. The van der Waals surface area contributed by atoms with Gasteiger partial charge in [-0.2, -0.15) is 0 Å². The van der Waals surface area contributed by atoms with E-state index in [1.807, 2.05) is 25.1 Å². The SMILES string of the molecule is Cc1cc(N2C(=O)CNC2=O)ccc1CCSN1CCC2(CC1)N=C(C1CCC(/C=C/C(F)F)CC1)NC2=O. The number of benzene rings is 1. The van der Waals surface area contributed by atoms with E-state index in [1.54, 1.807) is 18.0 Å². The predicted octanol–water partition coefficient (Wildman–Crippen LogP) is 4.23. The lowest BCUT2D eigenvalue weighted by Crippen LogP contribution is -2.47. The lowest BCUT2D eigenvalue weighted by atomic mass is 9.81. The zero-order valence-corrected chi connectivity index (χ0v) is 22.9. The number of urea groups is 1. The van der Waals surface area contributed by atoms with Crippen LogP contribution in [-0.4, -0.2) is 65.3 Å². The number of piperidine rings is 1. The monoisotopic (exact) mass is 559 g/mol. The van der Waals surface area contributed by atoms with E-state index < -0.39 is 12.0 Å². The number of halogens is 2. The van der Waals surface area contributed by atoms with Gasteiger partial charge in [0.25, 0.3) is 18.2 Å². The highest BCUT2D eigenvalue weighted by molar-refractivity contribution is 7.97. The molecule has 1 aromatic carbocycles. The minimum absolute atomic E-state index is 0.00255. The quantitative estimate of drug-likeness (QED) is 0.283. The van der Waals surface area contributed by atoms with Crippen LogP contribution in [-0.2, 0) is 16.0 Å². The van der Waals surface area contributed by atoms with Crippen molar-refractivity contribution in [3.05, 3.63) is 41.5 Å². The molecule has 3 aliphatic heterocycles. The number of nitrogens with one attached hydrogen (secondary N) is 2. The second kappa shape index (κ2) is 11.8. The molecule has 4 aliphatic rings. The van der Waals surface area contributed by atoms with E-state index in [0.717, 1.165) is 68.4 Å². The van der Waals surface area contributed by atoms with Crippen LogP contribution >= 0.6 is 11.9 Å². The molecule has 5 rings (SSSR count). The molecule has 0 aromatic heterocycles. The highest BCUT2D eigenvalue weighted by Gasteiger charge is 2.47. The number of allylic oxidation sites excluding steroid dienone is 2. The first-order valence-electron chi connectivity index (χ1n) is 13.7. The Hall–Kier alpha value is -2.79. The standard InChI is InChI=1S/C28H35F2N5O3S/c1-18-16-22(35-24(36)17-31-27(35)38)8-7-20(18)10-15-39-34-13-11-28(12-14-34)26(37)32-25(33-28)21-5-2-19(3-6-21)4-9-23(29)30/h4,7-9,16,19,21,23H,2-3,5-6,10-15,17H2,1H3,(H,31,38)(H,32,33,37)/b9-4+. The van der Waals surface area contributed by atoms with Crippen molar-refractivity contribution in [3.63, 3.8) is 0 Å². The summed E-state index contributed by atoms with van der Waals surface area (Å²) in [5.41, 5.74) is 2.14. The fourth-order valence-electron chi connectivity index (χ4n) is 5.95. The van der Waals surface area contributed by atoms with E-state index >= 15 is 0 Å². The third-order valence-corrected chi connectivity index (χ3v) is 9.43. The maximum Gasteiger partial charge on any atom is 0.329 e. The lowest BCUT2D eigenvalue weighted by Gasteiger charge is -2.34. The van der Waals surface area contributed by atoms with Gasteiger partial charge in [-0.25, -0.2) is 18.5 Å². The van der Waals surface area contributed by atoms with Gasteiger partial charge >= 0.3 is 6.03 Å². The highest BCUT2D eigenvalue weighted by atomic mass is 32.2. The number of hydrogen-bond donors (Lipinski definition) is 2. The molecule has 11 heteroatoms. The van der Waals surface area contributed by atoms with Gasteiger partial charge in [-0.15, -0.1) is 0 Å². The zero-order chi connectivity index (χ0) is 27.6. The molecule has 2 N–H and O–H groups in total. The average molecular weight is 560 g/mol. The van der Waals surface area contributed by atoms with Gasteiger partial charge in [0.15, 0.2) is 0 Å². The first-order valence-corrected chi connectivity index (χ1v) is 14.6. The smallest absolute Gasteiger partial charge is 0.328 e. The predicted molar refractivity (Wildman–Crippen MR) is 148 cm³/mol. The van der Waals surface area contributed by atoms with Crippen molar-refractivity contribution in [2.75, 3.05) is 30.3 Å². The molecule has 210 valence electrons. The molecule has 3 fully saturated rings. The fraction of sp³-hybridized carbons (Fsp3) is 0.571. The highest BCUT2D eigenvalue weighted by Crippen LogP contribution is 2.37. The summed E-state index contributed by atoms with van der Waals surface area (Å²) < 4.78 is 27.2. The minimum atomic E-state index is -2.40. The number of nitrogens with zero attached hydrogens (tertiary/aromatic N) is 3. The molecular weight excluding hydrogens is 524 g/mol. The molecule has 0 bridgehead atoms. The summed E-state index contributed by atoms with van der Waals surface area (Å²) in [5.74, 6) is 1.82. The maximum absolute atomic E-state index is 13.0. The van der Waals surface area contributed by atoms with Crippen LogP contribution in [0.25, 0.3) is 0 Å². The van der Waals surface area contributed by atoms with E-state index in [1.165, 1.54) is 10.5 Å². The molecule has 1 aromatic rings. The molecule has 0 atom stereocenters. The summed E-state index contributed by atoms with van der Waals surface area (Å²) in [4.78, 5) is 43.0. The number of amidine groups is 1. The number of carbonyl (C=O) groups excluding carboxylic acids is 3. The lowest BCUT2D eigenvalue weighted by molar-refractivity contribution is -0.125. The van der Waals surface area contributed by atoms with Gasteiger partial charge in [0.2, 0.25) is 0 Å². The number of aryl methyl sites for hydroxylation is 2. The Labute approximate surface area is 231 Å². The van der Waals surface area contributed by atoms with Gasteiger partial charge in [-0.05, 0) is 87.1 Å². The molecule has 0 unspecified atom stereocenters. The van der Waals surface area contributed by atoms with Crippen molar-refractivity contribution in [1.29, 1.82) is 0 Å². The van der Waals surface area contributed by atoms with Gasteiger partial charge < -0.3 is 10.6 Å². The van der Waals surface area contributed by atoms with E-state index in [4.69, 9.17) is 4.99 Å². The normalized spacial score (nSPS) is 25.6. The third-order valence-electron chi connectivity index (χ3n) is 8.31. The summed E-state index contributed by atoms with van der Waals surface area (Å²) in [6, 6.07) is 5.30. The van der Waals surface area contributed by atoms with Crippen molar-refractivity contribution in [2.45, 2.75) is 63.8 Å². The van der Waals surface area contributed by atoms with E-state index in [9.17, 15) is 23.2 Å². The van der Waals surface area contributed by atoms with Crippen molar-refractivity contribution in [2.24, 2.45) is 16.8 Å². The fourth-order valence-corrected chi connectivity index (χ4v) is 6.96. The molecule has 4 amide bonds. The van der Waals surface area contributed by atoms with Crippen LogP contribution < -0.4 is 15.5 Å². The Morgan fingerprint density at radius 3 is 2.54 bits per heavy atom.